The molecule has 180 valence electrons. The summed E-state index contributed by atoms with van der Waals surface area (Å²) < 4.78 is 45.4. The number of hydrogen-bond acceptors (Lipinski definition) is 3. The largest absolute Gasteiger partial charge is 0.416 e. The molecule has 5 nitrogen and oxygen atoms in total. The van der Waals surface area contributed by atoms with Crippen LogP contribution in [0, 0.1) is 26.2 Å². The van der Waals surface area contributed by atoms with Gasteiger partial charge in [-0.3, -0.25) is 9.59 Å². The maximum Gasteiger partial charge on any atom is 0.416 e. The van der Waals surface area contributed by atoms with Crippen molar-refractivity contribution < 1.29 is 27.5 Å². The van der Waals surface area contributed by atoms with Crippen LogP contribution in [0.2, 0.25) is 0 Å². The molecule has 2 aliphatic rings. The maximum atomic E-state index is 13.7. The Morgan fingerprint density at radius 3 is 2.44 bits per heavy atom. The predicted octanol–water partition coefficient (Wildman–Crippen LogP) is 5.34. The van der Waals surface area contributed by atoms with E-state index in [1.807, 2.05) is 38.1 Å². The van der Waals surface area contributed by atoms with Crippen LogP contribution in [0.3, 0.4) is 0 Å². The lowest BCUT2D eigenvalue weighted by molar-refractivity contribution is -0.137. The Morgan fingerprint density at radius 2 is 1.82 bits per heavy atom. The van der Waals surface area contributed by atoms with E-state index in [1.54, 1.807) is 11.8 Å². The Balaban J connectivity index is 1.73. The fraction of sp³-hybridized carbons (Fsp3) is 0.385. The van der Waals surface area contributed by atoms with Gasteiger partial charge in [-0.1, -0.05) is 29.8 Å². The third kappa shape index (κ3) is 4.46. The molecule has 1 fully saturated rings. The molecule has 2 heterocycles. The van der Waals surface area contributed by atoms with Gasteiger partial charge in [0.2, 0.25) is 11.8 Å². The number of carbonyl (C=O) groups excluding carboxylic acids is 2. The van der Waals surface area contributed by atoms with Crippen molar-refractivity contribution in [2.45, 2.75) is 39.8 Å². The van der Waals surface area contributed by atoms with E-state index in [9.17, 15) is 22.8 Å². The van der Waals surface area contributed by atoms with Crippen LogP contribution >= 0.6 is 0 Å². The number of benzene rings is 2. The number of amides is 2. The fourth-order valence-electron chi connectivity index (χ4n) is 4.95. The predicted molar refractivity (Wildman–Crippen MR) is 124 cm³/mol. The summed E-state index contributed by atoms with van der Waals surface area (Å²) in [6.07, 6.45) is -2.30. The van der Waals surface area contributed by atoms with Crippen molar-refractivity contribution in [2.24, 2.45) is 5.41 Å². The van der Waals surface area contributed by atoms with Gasteiger partial charge in [-0.2, -0.15) is 13.2 Å². The third-order valence-corrected chi connectivity index (χ3v) is 6.57. The molecule has 0 saturated carbocycles. The summed E-state index contributed by atoms with van der Waals surface area (Å²) in [7, 11) is 0. The van der Waals surface area contributed by atoms with E-state index in [-0.39, 0.29) is 24.6 Å². The molecule has 8 heteroatoms. The zero-order valence-electron chi connectivity index (χ0n) is 19.4. The third-order valence-electron chi connectivity index (χ3n) is 6.57. The normalized spacial score (nSPS) is 20.9. The van der Waals surface area contributed by atoms with Crippen molar-refractivity contribution in [3.05, 3.63) is 70.3 Å². The quantitative estimate of drug-likeness (QED) is 0.612. The minimum Gasteiger partial charge on any atom is -0.377 e. The minimum absolute atomic E-state index is 0.0577. The van der Waals surface area contributed by atoms with Crippen molar-refractivity contribution >= 4 is 23.2 Å². The van der Waals surface area contributed by atoms with E-state index in [1.165, 1.54) is 6.07 Å². The van der Waals surface area contributed by atoms with Crippen LogP contribution in [0.15, 0.2) is 48.0 Å². The van der Waals surface area contributed by atoms with E-state index in [0.717, 1.165) is 34.5 Å². The smallest absolute Gasteiger partial charge is 0.377 e. The highest BCUT2D eigenvalue weighted by Gasteiger charge is 2.52. The van der Waals surface area contributed by atoms with Crippen LogP contribution in [0.25, 0.3) is 0 Å². The summed E-state index contributed by atoms with van der Waals surface area (Å²) in [5.41, 5.74) is 1.79. The Kier molecular flexibility index (Phi) is 6.29. The van der Waals surface area contributed by atoms with E-state index in [0.29, 0.717) is 25.2 Å². The molecule has 2 aliphatic heterocycles. The first-order chi connectivity index (χ1) is 16.0. The number of aryl methyl sites for hydroxylation is 3. The summed E-state index contributed by atoms with van der Waals surface area (Å²) >= 11 is 0. The van der Waals surface area contributed by atoms with Crippen LogP contribution in [-0.4, -0.2) is 31.6 Å². The Labute approximate surface area is 196 Å². The van der Waals surface area contributed by atoms with Gasteiger partial charge in [0.05, 0.1) is 24.2 Å². The molecule has 0 bridgehead atoms. The van der Waals surface area contributed by atoms with Gasteiger partial charge in [0, 0.05) is 24.3 Å². The van der Waals surface area contributed by atoms with Crippen LogP contribution in [-0.2, 0) is 20.5 Å². The Morgan fingerprint density at radius 1 is 1.12 bits per heavy atom. The highest BCUT2D eigenvalue weighted by atomic mass is 19.4. The lowest BCUT2D eigenvalue weighted by Crippen LogP contribution is -2.42. The monoisotopic (exact) mass is 472 g/mol. The van der Waals surface area contributed by atoms with E-state index in [2.05, 4.69) is 5.32 Å². The van der Waals surface area contributed by atoms with Gasteiger partial charge in [-0.25, -0.2) is 0 Å². The van der Waals surface area contributed by atoms with Crippen molar-refractivity contribution in [1.29, 1.82) is 0 Å². The zero-order chi connectivity index (χ0) is 24.7. The summed E-state index contributed by atoms with van der Waals surface area (Å²) in [5, 5.41) is 2.70. The molecule has 34 heavy (non-hydrogen) atoms. The number of alkyl halides is 3. The summed E-state index contributed by atoms with van der Waals surface area (Å²) in [6.45, 7) is 6.23. The molecule has 0 aliphatic carbocycles. The average molecular weight is 473 g/mol. The van der Waals surface area contributed by atoms with Gasteiger partial charge in [0.1, 0.15) is 0 Å². The van der Waals surface area contributed by atoms with E-state index >= 15 is 0 Å². The first kappa shape index (κ1) is 24.0. The molecule has 2 aromatic rings. The second-order valence-corrected chi connectivity index (χ2v) is 9.07. The maximum absolute atomic E-state index is 13.7. The molecule has 2 amide bonds. The summed E-state index contributed by atoms with van der Waals surface area (Å²) in [5.74, 6) is -0.679. The van der Waals surface area contributed by atoms with E-state index in [4.69, 9.17) is 4.74 Å². The molecule has 1 atom stereocenters. The van der Waals surface area contributed by atoms with Gasteiger partial charge in [0.15, 0.2) is 0 Å². The van der Waals surface area contributed by atoms with Crippen LogP contribution in [0.5, 0.6) is 0 Å². The van der Waals surface area contributed by atoms with Gasteiger partial charge < -0.3 is 15.0 Å². The molecule has 1 N–H and O–H groups in total. The number of hydrogen-bond donors (Lipinski definition) is 1. The zero-order valence-corrected chi connectivity index (χ0v) is 19.4. The molecule has 2 aromatic carbocycles. The van der Waals surface area contributed by atoms with E-state index < -0.39 is 23.1 Å². The minimum atomic E-state index is -4.53. The Hall–Kier alpha value is -3.13. The van der Waals surface area contributed by atoms with Gasteiger partial charge in [0.25, 0.3) is 0 Å². The van der Waals surface area contributed by atoms with Crippen LogP contribution in [0.1, 0.15) is 35.1 Å². The number of ether oxygens (including phenoxy) is 1. The summed E-state index contributed by atoms with van der Waals surface area (Å²) in [6, 6.07) is 9.19. The van der Waals surface area contributed by atoms with Gasteiger partial charge in [-0.15, -0.1) is 0 Å². The van der Waals surface area contributed by atoms with Crippen LogP contribution < -0.4 is 10.2 Å². The Bertz CT molecular complexity index is 1150. The molecule has 1 saturated heterocycles. The van der Waals surface area contributed by atoms with Crippen molar-refractivity contribution in [2.75, 3.05) is 30.0 Å². The first-order valence-corrected chi connectivity index (χ1v) is 11.2. The number of halogens is 3. The topological polar surface area (TPSA) is 58.6 Å². The summed E-state index contributed by atoms with van der Waals surface area (Å²) in [4.78, 5) is 28.7. The molecule has 0 spiro atoms. The molecule has 4 rings (SSSR count). The number of nitrogens with one attached hydrogen (secondary N) is 1. The first-order valence-electron chi connectivity index (χ1n) is 11.2. The highest BCUT2D eigenvalue weighted by Crippen LogP contribution is 2.45. The number of anilines is 2. The lowest BCUT2D eigenvalue weighted by atomic mass is 9.76. The number of carbonyl (C=O) groups is 2. The second kappa shape index (κ2) is 8.91. The molecule has 1 unspecified atom stereocenters. The average Bonchev–Trinajstić information content (AvgIpc) is 3.11. The molecule has 0 radical (unpaired) electrons. The van der Waals surface area contributed by atoms with Gasteiger partial charge in [-0.05, 0) is 62.1 Å². The lowest BCUT2D eigenvalue weighted by Gasteiger charge is -2.33. The number of para-hydroxylation sites is 1. The second-order valence-electron chi connectivity index (χ2n) is 9.07. The molecular weight excluding hydrogens is 445 g/mol. The van der Waals surface area contributed by atoms with Crippen molar-refractivity contribution in [1.82, 2.24) is 0 Å². The van der Waals surface area contributed by atoms with Gasteiger partial charge >= 0.3 is 6.18 Å². The van der Waals surface area contributed by atoms with Crippen molar-refractivity contribution in [3.63, 3.8) is 0 Å². The number of nitrogens with zero attached hydrogens (tertiary/aromatic N) is 1. The highest BCUT2D eigenvalue weighted by molar-refractivity contribution is 6.08. The fourth-order valence-corrected chi connectivity index (χ4v) is 4.95. The SMILES string of the molecule is Cc1cc(NC(=O)C2(C3=CCOCC3)CC(=O)N(c3c(C)cccc3C)C2)cc(C(F)(F)F)c1. The number of rotatable bonds is 4. The standard InChI is InChI=1S/C26H27F3N2O3/c1-16-11-20(26(27,28)29)13-21(12-16)30-24(33)25(19-7-9-34-10-8-19)14-22(32)31(15-25)23-17(2)5-4-6-18(23)3/h4-7,11-13H,8-10,14-15H2,1-3H3,(H,30,33). The van der Waals surface area contributed by atoms with Crippen molar-refractivity contribution in [3.8, 4) is 0 Å². The van der Waals surface area contributed by atoms with Crippen LogP contribution in [0.4, 0.5) is 24.5 Å². The molecular formula is C26H27F3N2O3. The molecule has 0 aromatic heterocycles.